The molecule has 0 aliphatic carbocycles. The van der Waals surface area contributed by atoms with E-state index in [4.69, 9.17) is 4.74 Å². The van der Waals surface area contributed by atoms with Crippen molar-refractivity contribution < 1.29 is 14.3 Å². The molecule has 0 aliphatic rings. The number of ether oxygens (including phenoxy) is 1. The first kappa shape index (κ1) is 18.5. The van der Waals surface area contributed by atoms with Crippen molar-refractivity contribution in [2.24, 2.45) is 0 Å². The van der Waals surface area contributed by atoms with Gasteiger partial charge in [0, 0.05) is 11.6 Å². The maximum atomic E-state index is 12.6. The average Bonchev–Trinajstić information content (AvgIpc) is 2.54. The molecule has 2 aromatic rings. The van der Waals surface area contributed by atoms with Crippen LogP contribution in [0.1, 0.15) is 48.4 Å². The average molecular weight is 340 g/mol. The molecule has 0 aromatic heterocycles. The molecule has 5 heteroatoms. The van der Waals surface area contributed by atoms with Crippen molar-refractivity contribution in [3.05, 3.63) is 59.7 Å². The van der Waals surface area contributed by atoms with E-state index in [0.717, 1.165) is 0 Å². The third-order valence-electron chi connectivity index (χ3n) is 3.31. The van der Waals surface area contributed by atoms with Crippen LogP contribution in [-0.4, -0.2) is 24.0 Å². The fraction of sp³-hybridized carbons (Fsp3) is 0.300. The Bertz CT molecular complexity index is 754. The van der Waals surface area contributed by atoms with E-state index in [-0.39, 0.29) is 24.0 Å². The monoisotopic (exact) mass is 340 g/mol. The summed E-state index contributed by atoms with van der Waals surface area (Å²) in [6.07, 6.45) is 0.0266. The molecule has 0 unspecified atom stereocenters. The minimum Gasteiger partial charge on any atom is -0.491 e. The van der Waals surface area contributed by atoms with Gasteiger partial charge in [-0.05, 0) is 58.0 Å². The van der Waals surface area contributed by atoms with Crippen molar-refractivity contribution in [3.63, 3.8) is 0 Å². The first-order valence-corrected chi connectivity index (χ1v) is 8.34. The summed E-state index contributed by atoms with van der Waals surface area (Å²) >= 11 is 0. The summed E-state index contributed by atoms with van der Waals surface area (Å²) in [6, 6.07) is 13.9. The minimum atomic E-state index is -0.293. The number of para-hydroxylation sites is 1. The smallest absolute Gasteiger partial charge is 0.255 e. The van der Waals surface area contributed by atoms with Crippen molar-refractivity contribution in [1.82, 2.24) is 5.32 Å². The SMILES string of the molecule is CC(C)NC(=O)c1ccccc1NC(=O)c1cccc(OC(C)C)c1. The maximum absolute atomic E-state index is 12.6. The van der Waals surface area contributed by atoms with E-state index in [1.807, 2.05) is 27.7 Å². The fourth-order valence-corrected chi connectivity index (χ4v) is 2.31. The summed E-state index contributed by atoms with van der Waals surface area (Å²) in [7, 11) is 0. The molecule has 25 heavy (non-hydrogen) atoms. The highest BCUT2D eigenvalue weighted by Crippen LogP contribution is 2.19. The van der Waals surface area contributed by atoms with Crippen LogP contribution in [0.5, 0.6) is 5.75 Å². The summed E-state index contributed by atoms with van der Waals surface area (Å²) < 4.78 is 5.62. The second kappa shape index (κ2) is 8.33. The van der Waals surface area contributed by atoms with E-state index in [2.05, 4.69) is 10.6 Å². The molecule has 2 amide bonds. The Morgan fingerprint density at radius 3 is 2.32 bits per heavy atom. The first-order valence-electron chi connectivity index (χ1n) is 8.34. The Hall–Kier alpha value is -2.82. The van der Waals surface area contributed by atoms with Crippen LogP contribution in [0.25, 0.3) is 0 Å². The van der Waals surface area contributed by atoms with Gasteiger partial charge in [-0.1, -0.05) is 18.2 Å². The number of hydrogen-bond donors (Lipinski definition) is 2. The highest BCUT2D eigenvalue weighted by atomic mass is 16.5. The number of carbonyl (C=O) groups is 2. The van der Waals surface area contributed by atoms with Crippen LogP contribution in [0.3, 0.4) is 0 Å². The van der Waals surface area contributed by atoms with Crippen LogP contribution in [0.4, 0.5) is 5.69 Å². The van der Waals surface area contributed by atoms with Gasteiger partial charge < -0.3 is 15.4 Å². The molecule has 0 atom stereocenters. The Labute approximate surface area is 148 Å². The molecule has 2 rings (SSSR count). The van der Waals surface area contributed by atoms with E-state index in [1.54, 1.807) is 48.5 Å². The molecule has 0 saturated heterocycles. The molecule has 0 fully saturated rings. The number of carbonyl (C=O) groups excluding carboxylic acids is 2. The summed E-state index contributed by atoms with van der Waals surface area (Å²) in [4.78, 5) is 24.8. The Morgan fingerprint density at radius 2 is 1.64 bits per heavy atom. The number of anilines is 1. The second-order valence-corrected chi connectivity index (χ2v) is 6.32. The van der Waals surface area contributed by atoms with Gasteiger partial charge in [-0.3, -0.25) is 9.59 Å². The molecular formula is C20H24N2O3. The number of nitrogens with one attached hydrogen (secondary N) is 2. The maximum Gasteiger partial charge on any atom is 0.255 e. The lowest BCUT2D eigenvalue weighted by atomic mass is 10.1. The van der Waals surface area contributed by atoms with Crippen molar-refractivity contribution in [2.75, 3.05) is 5.32 Å². The van der Waals surface area contributed by atoms with E-state index in [9.17, 15) is 9.59 Å². The molecule has 132 valence electrons. The molecule has 0 spiro atoms. The third-order valence-corrected chi connectivity index (χ3v) is 3.31. The van der Waals surface area contributed by atoms with Crippen LogP contribution in [0.15, 0.2) is 48.5 Å². The summed E-state index contributed by atoms with van der Waals surface area (Å²) in [5.41, 5.74) is 1.37. The van der Waals surface area contributed by atoms with E-state index >= 15 is 0 Å². The van der Waals surface area contributed by atoms with Gasteiger partial charge in [0.2, 0.25) is 0 Å². The predicted octanol–water partition coefficient (Wildman–Crippen LogP) is 3.86. The van der Waals surface area contributed by atoms with Crippen molar-refractivity contribution >= 4 is 17.5 Å². The molecule has 0 aliphatic heterocycles. The van der Waals surface area contributed by atoms with Crippen molar-refractivity contribution in [2.45, 2.75) is 39.8 Å². The number of benzene rings is 2. The van der Waals surface area contributed by atoms with Gasteiger partial charge in [0.1, 0.15) is 5.75 Å². The van der Waals surface area contributed by atoms with E-state index in [0.29, 0.717) is 22.6 Å². The molecule has 2 N–H and O–H groups in total. The standard InChI is InChI=1S/C20H24N2O3/c1-13(2)21-20(24)17-10-5-6-11-18(17)22-19(23)15-8-7-9-16(12-15)25-14(3)4/h5-14H,1-4H3,(H,21,24)(H,22,23). The summed E-state index contributed by atoms with van der Waals surface area (Å²) in [6.45, 7) is 7.63. The molecular weight excluding hydrogens is 316 g/mol. The summed E-state index contributed by atoms with van der Waals surface area (Å²) in [5, 5.41) is 5.64. The zero-order chi connectivity index (χ0) is 18.4. The first-order chi connectivity index (χ1) is 11.9. The lowest BCUT2D eigenvalue weighted by Crippen LogP contribution is -2.31. The molecule has 5 nitrogen and oxygen atoms in total. The highest BCUT2D eigenvalue weighted by Gasteiger charge is 2.15. The quantitative estimate of drug-likeness (QED) is 0.839. The topological polar surface area (TPSA) is 67.4 Å². The lowest BCUT2D eigenvalue weighted by molar-refractivity contribution is 0.0944. The van der Waals surface area contributed by atoms with E-state index < -0.39 is 0 Å². The van der Waals surface area contributed by atoms with Gasteiger partial charge in [-0.25, -0.2) is 0 Å². The zero-order valence-corrected chi connectivity index (χ0v) is 15.0. The summed E-state index contributed by atoms with van der Waals surface area (Å²) in [5.74, 6) is 0.121. The van der Waals surface area contributed by atoms with Gasteiger partial charge in [-0.2, -0.15) is 0 Å². The van der Waals surface area contributed by atoms with Crippen LogP contribution in [0.2, 0.25) is 0 Å². The van der Waals surface area contributed by atoms with Crippen molar-refractivity contribution in [1.29, 1.82) is 0 Å². The van der Waals surface area contributed by atoms with Crippen LogP contribution >= 0.6 is 0 Å². The van der Waals surface area contributed by atoms with Gasteiger partial charge in [-0.15, -0.1) is 0 Å². The number of hydrogen-bond acceptors (Lipinski definition) is 3. The lowest BCUT2D eigenvalue weighted by Gasteiger charge is -2.14. The predicted molar refractivity (Wildman–Crippen MR) is 99.2 cm³/mol. The number of rotatable bonds is 6. The molecule has 0 radical (unpaired) electrons. The molecule has 0 saturated carbocycles. The largest absolute Gasteiger partial charge is 0.491 e. The number of amides is 2. The van der Waals surface area contributed by atoms with Crippen LogP contribution < -0.4 is 15.4 Å². The third kappa shape index (κ3) is 5.35. The van der Waals surface area contributed by atoms with Gasteiger partial charge in [0.25, 0.3) is 11.8 Å². The van der Waals surface area contributed by atoms with Gasteiger partial charge in [0.15, 0.2) is 0 Å². The normalized spacial score (nSPS) is 10.6. The Balaban J connectivity index is 2.20. The Kier molecular flexibility index (Phi) is 6.17. The fourth-order valence-electron chi connectivity index (χ4n) is 2.31. The van der Waals surface area contributed by atoms with Gasteiger partial charge in [0.05, 0.1) is 17.4 Å². The molecule has 2 aromatic carbocycles. The second-order valence-electron chi connectivity index (χ2n) is 6.32. The zero-order valence-electron chi connectivity index (χ0n) is 15.0. The molecule has 0 heterocycles. The highest BCUT2D eigenvalue weighted by molar-refractivity contribution is 6.09. The molecule has 0 bridgehead atoms. The van der Waals surface area contributed by atoms with Crippen LogP contribution in [-0.2, 0) is 0 Å². The van der Waals surface area contributed by atoms with Gasteiger partial charge >= 0.3 is 0 Å². The van der Waals surface area contributed by atoms with Crippen LogP contribution in [0, 0.1) is 0 Å². The van der Waals surface area contributed by atoms with E-state index in [1.165, 1.54) is 0 Å². The van der Waals surface area contributed by atoms with Crippen molar-refractivity contribution in [3.8, 4) is 5.75 Å². The minimum absolute atomic E-state index is 0.0149. The Morgan fingerprint density at radius 1 is 0.920 bits per heavy atom.